The molecule has 0 saturated heterocycles. The van der Waals surface area contributed by atoms with E-state index in [4.69, 9.17) is 5.11 Å². The lowest BCUT2D eigenvalue weighted by atomic mass is 10.1. The maximum absolute atomic E-state index is 12.0. The number of aliphatic carboxylic acids is 1. The van der Waals surface area contributed by atoms with Gasteiger partial charge in [-0.1, -0.05) is 36.4 Å². The quantitative estimate of drug-likeness (QED) is 0.886. The van der Waals surface area contributed by atoms with Crippen LogP contribution in [0, 0.1) is 6.92 Å². The Kier molecular flexibility index (Phi) is 4.72. The Labute approximate surface area is 123 Å². The zero-order chi connectivity index (χ0) is 15.2. The molecule has 0 aliphatic heterocycles. The highest BCUT2D eigenvalue weighted by Crippen LogP contribution is 2.12. The van der Waals surface area contributed by atoms with Gasteiger partial charge in [-0.3, -0.25) is 9.59 Å². The molecule has 0 unspecified atom stereocenters. The minimum Gasteiger partial charge on any atom is -0.481 e. The molecule has 0 spiro atoms. The molecule has 0 fully saturated rings. The summed E-state index contributed by atoms with van der Waals surface area (Å²) < 4.78 is 0. The van der Waals surface area contributed by atoms with Crippen LogP contribution < -0.4 is 5.32 Å². The van der Waals surface area contributed by atoms with Crippen molar-refractivity contribution in [1.82, 2.24) is 0 Å². The van der Waals surface area contributed by atoms with E-state index in [9.17, 15) is 9.59 Å². The summed E-state index contributed by atoms with van der Waals surface area (Å²) in [5.74, 6) is -0.957. The van der Waals surface area contributed by atoms with Crippen LogP contribution in [0.4, 0.5) is 5.69 Å². The fourth-order valence-corrected chi connectivity index (χ4v) is 2.07. The number of carbonyl (C=O) groups is 2. The molecule has 2 aromatic rings. The summed E-state index contributed by atoms with van der Waals surface area (Å²) >= 11 is 0. The monoisotopic (exact) mass is 283 g/mol. The number of hydrogen-bond donors (Lipinski definition) is 2. The number of carboxylic acid groups (broad SMARTS) is 1. The maximum atomic E-state index is 12.0. The van der Waals surface area contributed by atoms with Crippen LogP contribution in [0.5, 0.6) is 0 Å². The number of aryl methyl sites for hydroxylation is 1. The Hall–Kier alpha value is -2.62. The highest BCUT2D eigenvalue weighted by Gasteiger charge is 2.06. The van der Waals surface area contributed by atoms with Gasteiger partial charge in [0, 0.05) is 5.69 Å². The van der Waals surface area contributed by atoms with Crippen molar-refractivity contribution < 1.29 is 14.7 Å². The molecule has 4 heteroatoms. The summed E-state index contributed by atoms with van der Waals surface area (Å²) in [5.41, 5.74) is 3.46. The fraction of sp³-hybridized carbons (Fsp3) is 0.176. The molecule has 108 valence electrons. The first-order chi connectivity index (χ1) is 10.0. The zero-order valence-corrected chi connectivity index (χ0v) is 11.8. The van der Waals surface area contributed by atoms with Gasteiger partial charge >= 0.3 is 5.97 Å². The van der Waals surface area contributed by atoms with Crippen LogP contribution in [0.1, 0.15) is 16.7 Å². The zero-order valence-electron chi connectivity index (χ0n) is 11.8. The summed E-state index contributed by atoms with van der Waals surface area (Å²) in [7, 11) is 0. The van der Waals surface area contributed by atoms with Gasteiger partial charge in [0.05, 0.1) is 12.8 Å². The maximum Gasteiger partial charge on any atom is 0.307 e. The summed E-state index contributed by atoms with van der Waals surface area (Å²) in [5, 5.41) is 11.5. The van der Waals surface area contributed by atoms with Crippen molar-refractivity contribution in [2.24, 2.45) is 0 Å². The first-order valence-corrected chi connectivity index (χ1v) is 6.69. The van der Waals surface area contributed by atoms with Gasteiger partial charge < -0.3 is 10.4 Å². The first-order valence-electron chi connectivity index (χ1n) is 6.69. The molecule has 0 radical (unpaired) electrons. The van der Waals surface area contributed by atoms with E-state index in [1.165, 1.54) is 0 Å². The molecular weight excluding hydrogens is 266 g/mol. The Morgan fingerprint density at radius 2 is 1.67 bits per heavy atom. The first kappa shape index (κ1) is 14.8. The molecule has 4 nitrogen and oxygen atoms in total. The van der Waals surface area contributed by atoms with Crippen molar-refractivity contribution in [3.05, 3.63) is 65.2 Å². The SMILES string of the molecule is Cc1ccccc1CC(=O)Nc1ccc(CC(=O)O)cc1. The molecule has 0 bridgehead atoms. The molecule has 2 N–H and O–H groups in total. The average Bonchev–Trinajstić information content (AvgIpc) is 2.43. The van der Waals surface area contributed by atoms with E-state index >= 15 is 0 Å². The number of anilines is 1. The van der Waals surface area contributed by atoms with Crippen LogP contribution in [0.3, 0.4) is 0 Å². The van der Waals surface area contributed by atoms with Crippen LogP contribution in [0.2, 0.25) is 0 Å². The topological polar surface area (TPSA) is 66.4 Å². The van der Waals surface area contributed by atoms with Crippen molar-refractivity contribution in [3.8, 4) is 0 Å². The van der Waals surface area contributed by atoms with Gasteiger partial charge in [0.2, 0.25) is 5.91 Å². The van der Waals surface area contributed by atoms with Gasteiger partial charge in [-0.05, 0) is 35.7 Å². The predicted molar refractivity (Wildman–Crippen MR) is 81.3 cm³/mol. The number of carboxylic acids is 1. The summed E-state index contributed by atoms with van der Waals surface area (Å²) in [4.78, 5) is 22.6. The predicted octanol–water partition coefficient (Wildman–Crippen LogP) is 2.80. The summed E-state index contributed by atoms with van der Waals surface area (Å²) in [6.45, 7) is 1.98. The lowest BCUT2D eigenvalue weighted by molar-refractivity contribution is -0.136. The Balaban J connectivity index is 1.96. The smallest absolute Gasteiger partial charge is 0.307 e. The van der Waals surface area contributed by atoms with Gasteiger partial charge in [0.1, 0.15) is 0 Å². The molecule has 1 amide bonds. The Morgan fingerprint density at radius 1 is 1.00 bits per heavy atom. The van der Waals surface area contributed by atoms with Gasteiger partial charge in [0.25, 0.3) is 0 Å². The summed E-state index contributed by atoms with van der Waals surface area (Å²) in [6, 6.07) is 14.6. The minimum atomic E-state index is -0.869. The molecule has 2 aromatic carbocycles. The number of benzene rings is 2. The highest BCUT2D eigenvalue weighted by molar-refractivity contribution is 5.92. The number of rotatable bonds is 5. The van der Waals surface area contributed by atoms with E-state index in [-0.39, 0.29) is 12.3 Å². The number of hydrogen-bond acceptors (Lipinski definition) is 2. The van der Waals surface area contributed by atoms with Crippen LogP contribution in [-0.2, 0) is 22.4 Å². The fourth-order valence-electron chi connectivity index (χ4n) is 2.07. The average molecular weight is 283 g/mol. The van der Waals surface area contributed by atoms with Crippen molar-refractivity contribution in [2.45, 2.75) is 19.8 Å². The van der Waals surface area contributed by atoms with Crippen molar-refractivity contribution in [3.63, 3.8) is 0 Å². The van der Waals surface area contributed by atoms with Gasteiger partial charge in [-0.25, -0.2) is 0 Å². The van der Waals surface area contributed by atoms with E-state index < -0.39 is 5.97 Å². The van der Waals surface area contributed by atoms with Crippen LogP contribution in [0.25, 0.3) is 0 Å². The molecule has 0 aromatic heterocycles. The molecule has 0 atom stereocenters. The second kappa shape index (κ2) is 6.70. The summed E-state index contributed by atoms with van der Waals surface area (Å²) in [6.07, 6.45) is 0.307. The van der Waals surface area contributed by atoms with E-state index in [1.807, 2.05) is 31.2 Å². The highest BCUT2D eigenvalue weighted by atomic mass is 16.4. The number of nitrogens with one attached hydrogen (secondary N) is 1. The van der Waals surface area contributed by atoms with Crippen molar-refractivity contribution >= 4 is 17.6 Å². The van der Waals surface area contributed by atoms with Gasteiger partial charge in [-0.15, -0.1) is 0 Å². The number of amides is 1. The second-order valence-electron chi connectivity index (χ2n) is 4.92. The third-order valence-electron chi connectivity index (χ3n) is 3.21. The van der Waals surface area contributed by atoms with E-state index in [0.717, 1.165) is 11.1 Å². The Bertz CT molecular complexity index is 647. The standard InChI is InChI=1S/C17H17NO3/c1-12-4-2-3-5-14(12)11-16(19)18-15-8-6-13(7-9-15)10-17(20)21/h2-9H,10-11H2,1H3,(H,18,19)(H,20,21). The molecule has 0 heterocycles. The molecule has 0 aliphatic carbocycles. The molecule has 0 saturated carbocycles. The second-order valence-corrected chi connectivity index (χ2v) is 4.92. The van der Waals surface area contributed by atoms with Gasteiger partial charge in [-0.2, -0.15) is 0 Å². The normalized spacial score (nSPS) is 10.1. The van der Waals surface area contributed by atoms with Crippen LogP contribution in [-0.4, -0.2) is 17.0 Å². The van der Waals surface area contributed by atoms with Crippen LogP contribution in [0.15, 0.2) is 48.5 Å². The largest absolute Gasteiger partial charge is 0.481 e. The van der Waals surface area contributed by atoms with Crippen LogP contribution >= 0.6 is 0 Å². The lowest BCUT2D eigenvalue weighted by Gasteiger charge is -2.08. The molecule has 0 aliphatic rings. The minimum absolute atomic E-state index is 0.0164. The van der Waals surface area contributed by atoms with E-state index in [1.54, 1.807) is 24.3 Å². The third-order valence-corrected chi connectivity index (χ3v) is 3.21. The van der Waals surface area contributed by atoms with Gasteiger partial charge in [0.15, 0.2) is 0 Å². The Morgan fingerprint density at radius 3 is 2.29 bits per heavy atom. The van der Waals surface area contributed by atoms with E-state index in [2.05, 4.69) is 5.32 Å². The molecule has 21 heavy (non-hydrogen) atoms. The van der Waals surface area contributed by atoms with Crippen molar-refractivity contribution in [1.29, 1.82) is 0 Å². The molecule has 2 rings (SSSR count). The van der Waals surface area contributed by atoms with Crippen molar-refractivity contribution in [2.75, 3.05) is 5.32 Å². The molecular formula is C17H17NO3. The lowest BCUT2D eigenvalue weighted by Crippen LogP contribution is -2.15. The van der Waals surface area contributed by atoms with E-state index in [0.29, 0.717) is 17.7 Å². The number of carbonyl (C=O) groups excluding carboxylic acids is 1. The third kappa shape index (κ3) is 4.45.